The summed E-state index contributed by atoms with van der Waals surface area (Å²) >= 11 is 6.16. The van der Waals surface area contributed by atoms with E-state index in [9.17, 15) is 18.0 Å². The van der Waals surface area contributed by atoms with Gasteiger partial charge in [0.15, 0.2) is 6.61 Å². The first-order valence-electron chi connectivity index (χ1n) is 8.97. The summed E-state index contributed by atoms with van der Waals surface area (Å²) in [5, 5.41) is 2.68. The predicted octanol–water partition coefficient (Wildman–Crippen LogP) is 1.48. The molecule has 1 aliphatic rings. The number of hydrogen-bond donors (Lipinski definition) is 2. The minimum Gasteiger partial charge on any atom is -0.482 e. The van der Waals surface area contributed by atoms with Crippen molar-refractivity contribution < 1.29 is 27.5 Å². The lowest BCUT2D eigenvalue weighted by atomic mass is 10.2. The van der Waals surface area contributed by atoms with Crippen molar-refractivity contribution in [2.75, 3.05) is 38.2 Å². The van der Waals surface area contributed by atoms with Crippen molar-refractivity contribution in [2.24, 2.45) is 5.73 Å². The summed E-state index contributed by atoms with van der Waals surface area (Å²) in [4.78, 5) is 23.2. The lowest BCUT2D eigenvalue weighted by Crippen LogP contribution is -2.40. The molecule has 2 aromatic carbocycles. The number of morpholine rings is 1. The largest absolute Gasteiger partial charge is 0.482 e. The number of ether oxygens (including phenoxy) is 2. The van der Waals surface area contributed by atoms with Crippen molar-refractivity contribution in [3.8, 4) is 5.75 Å². The molecule has 0 spiro atoms. The Kier molecular flexibility index (Phi) is 6.93. The van der Waals surface area contributed by atoms with Gasteiger partial charge >= 0.3 is 0 Å². The molecule has 0 bridgehead atoms. The van der Waals surface area contributed by atoms with Crippen molar-refractivity contribution in [2.45, 2.75) is 4.90 Å². The van der Waals surface area contributed by atoms with Crippen LogP contribution in [0.5, 0.6) is 5.75 Å². The summed E-state index contributed by atoms with van der Waals surface area (Å²) in [5.41, 5.74) is 5.95. The quantitative estimate of drug-likeness (QED) is 0.653. The Balaban J connectivity index is 1.60. The van der Waals surface area contributed by atoms with E-state index >= 15 is 0 Å². The molecule has 9 nitrogen and oxygen atoms in total. The highest BCUT2D eigenvalue weighted by atomic mass is 35.5. The van der Waals surface area contributed by atoms with Crippen LogP contribution in [-0.2, 0) is 19.6 Å². The molecule has 1 aliphatic heterocycles. The maximum absolute atomic E-state index is 12.7. The summed E-state index contributed by atoms with van der Waals surface area (Å²) in [6, 6.07) is 10.1. The molecule has 3 N–H and O–H groups in total. The van der Waals surface area contributed by atoms with Gasteiger partial charge in [-0.2, -0.15) is 4.31 Å². The van der Waals surface area contributed by atoms with Crippen LogP contribution in [0.3, 0.4) is 0 Å². The molecule has 0 radical (unpaired) electrons. The summed E-state index contributed by atoms with van der Waals surface area (Å²) in [5.74, 6) is -0.843. The van der Waals surface area contributed by atoms with Crippen molar-refractivity contribution in [3.63, 3.8) is 0 Å². The summed E-state index contributed by atoms with van der Waals surface area (Å²) in [6.45, 7) is 0.896. The summed E-state index contributed by atoms with van der Waals surface area (Å²) < 4.78 is 37.2. The van der Waals surface area contributed by atoms with E-state index in [1.807, 2.05) is 0 Å². The standard InChI is InChI=1S/C19H20ClN3O6S/c20-16-11-15(30(26,27)23-7-9-28-10-8-23)5-6-17(16)29-12-18(24)22-14-3-1-13(2-4-14)19(21)25/h1-6,11H,7-10,12H2,(H2,21,25)(H,22,24). The first-order valence-corrected chi connectivity index (χ1v) is 10.8. The summed E-state index contributed by atoms with van der Waals surface area (Å²) in [7, 11) is -3.68. The molecule has 160 valence electrons. The molecule has 0 saturated carbocycles. The van der Waals surface area contributed by atoms with Crippen molar-refractivity contribution >= 4 is 39.1 Å². The van der Waals surface area contributed by atoms with E-state index in [0.29, 0.717) is 24.5 Å². The first kappa shape index (κ1) is 22.0. The average molecular weight is 454 g/mol. The number of hydrogen-bond acceptors (Lipinski definition) is 6. The molecule has 0 aliphatic carbocycles. The Bertz CT molecular complexity index is 1040. The summed E-state index contributed by atoms with van der Waals surface area (Å²) in [6.07, 6.45) is 0. The van der Waals surface area contributed by atoms with Gasteiger partial charge in [-0.15, -0.1) is 0 Å². The molecule has 0 atom stereocenters. The van der Waals surface area contributed by atoms with Crippen molar-refractivity contribution in [3.05, 3.63) is 53.1 Å². The van der Waals surface area contributed by atoms with Gasteiger partial charge in [0.25, 0.3) is 5.91 Å². The molecule has 3 rings (SSSR count). The van der Waals surface area contributed by atoms with Gasteiger partial charge in [-0.25, -0.2) is 8.42 Å². The Morgan fingerprint density at radius 2 is 1.80 bits per heavy atom. The fourth-order valence-corrected chi connectivity index (χ4v) is 4.49. The van der Waals surface area contributed by atoms with Gasteiger partial charge in [-0.3, -0.25) is 9.59 Å². The second-order valence-electron chi connectivity index (χ2n) is 6.39. The third kappa shape index (κ3) is 5.28. The number of anilines is 1. The van der Waals surface area contributed by atoms with Crippen LogP contribution in [-0.4, -0.2) is 57.4 Å². The molecule has 2 amide bonds. The lowest BCUT2D eigenvalue weighted by molar-refractivity contribution is -0.118. The van der Waals surface area contributed by atoms with Gasteiger partial charge in [0.2, 0.25) is 15.9 Å². The lowest BCUT2D eigenvalue weighted by Gasteiger charge is -2.26. The van der Waals surface area contributed by atoms with Gasteiger partial charge in [0, 0.05) is 24.3 Å². The molecule has 0 unspecified atom stereocenters. The van der Waals surface area contributed by atoms with Gasteiger partial charge in [-0.05, 0) is 42.5 Å². The zero-order valence-corrected chi connectivity index (χ0v) is 17.4. The highest BCUT2D eigenvalue weighted by Crippen LogP contribution is 2.29. The second-order valence-corrected chi connectivity index (χ2v) is 8.73. The predicted molar refractivity (Wildman–Crippen MR) is 110 cm³/mol. The number of nitrogens with zero attached hydrogens (tertiary/aromatic N) is 1. The Hall–Kier alpha value is -2.66. The van der Waals surface area contributed by atoms with Crippen LogP contribution in [0.25, 0.3) is 0 Å². The van der Waals surface area contributed by atoms with Crippen LogP contribution in [0.15, 0.2) is 47.4 Å². The number of rotatable bonds is 7. The molecule has 30 heavy (non-hydrogen) atoms. The smallest absolute Gasteiger partial charge is 0.262 e. The third-order valence-electron chi connectivity index (χ3n) is 4.32. The number of benzene rings is 2. The van der Waals surface area contributed by atoms with E-state index in [4.69, 9.17) is 26.8 Å². The maximum atomic E-state index is 12.7. The van der Waals surface area contributed by atoms with Gasteiger partial charge < -0.3 is 20.5 Å². The number of amides is 2. The minimum atomic E-state index is -3.68. The van der Waals surface area contributed by atoms with Crippen molar-refractivity contribution in [1.29, 1.82) is 0 Å². The number of primary amides is 1. The monoisotopic (exact) mass is 453 g/mol. The second kappa shape index (κ2) is 9.43. The zero-order chi connectivity index (χ0) is 21.7. The number of sulfonamides is 1. The number of carbonyl (C=O) groups excluding carboxylic acids is 2. The molecule has 1 heterocycles. The van der Waals surface area contributed by atoms with E-state index in [1.54, 1.807) is 0 Å². The Labute approximate surface area is 178 Å². The molecule has 2 aromatic rings. The van der Waals surface area contributed by atoms with Gasteiger partial charge in [0.05, 0.1) is 23.1 Å². The van der Waals surface area contributed by atoms with Crippen LogP contribution in [0.4, 0.5) is 5.69 Å². The SMILES string of the molecule is NC(=O)c1ccc(NC(=O)COc2ccc(S(=O)(=O)N3CCOCC3)cc2Cl)cc1. The van der Waals surface area contributed by atoms with Crippen LogP contribution < -0.4 is 15.8 Å². The van der Waals surface area contributed by atoms with Crippen LogP contribution in [0, 0.1) is 0 Å². The molecule has 1 saturated heterocycles. The van der Waals surface area contributed by atoms with E-state index in [-0.39, 0.29) is 35.4 Å². The fourth-order valence-electron chi connectivity index (χ4n) is 2.75. The van der Waals surface area contributed by atoms with E-state index < -0.39 is 21.8 Å². The van der Waals surface area contributed by atoms with Crippen LogP contribution in [0.1, 0.15) is 10.4 Å². The number of nitrogens with one attached hydrogen (secondary N) is 1. The highest BCUT2D eigenvalue weighted by molar-refractivity contribution is 7.89. The molecule has 11 heteroatoms. The third-order valence-corrected chi connectivity index (χ3v) is 6.51. The van der Waals surface area contributed by atoms with Crippen LogP contribution in [0.2, 0.25) is 5.02 Å². The molecular formula is C19H20ClN3O6S. The Morgan fingerprint density at radius 3 is 2.40 bits per heavy atom. The highest BCUT2D eigenvalue weighted by Gasteiger charge is 2.27. The van der Waals surface area contributed by atoms with E-state index in [2.05, 4.69) is 5.32 Å². The number of halogens is 1. The fraction of sp³-hybridized carbons (Fsp3) is 0.263. The molecule has 0 aromatic heterocycles. The zero-order valence-electron chi connectivity index (χ0n) is 15.8. The van der Waals surface area contributed by atoms with E-state index in [0.717, 1.165) is 0 Å². The first-order chi connectivity index (χ1) is 14.3. The van der Waals surface area contributed by atoms with E-state index in [1.165, 1.54) is 46.8 Å². The molecular weight excluding hydrogens is 434 g/mol. The van der Waals surface area contributed by atoms with Crippen molar-refractivity contribution in [1.82, 2.24) is 4.31 Å². The normalized spacial score (nSPS) is 14.8. The van der Waals surface area contributed by atoms with Crippen LogP contribution >= 0.6 is 11.6 Å². The molecule has 1 fully saturated rings. The maximum Gasteiger partial charge on any atom is 0.262 e. The van der Waals surface area contributed by atoms with Gasteiger partial charge in [-0.1, -0.05) is 11.6 Å². The minimum absolute atomic E-state index is 0.0424. The number of carbonyl (C=O) groups is 2. The number of nitrogens with two attached hydrogens (primary N) is 1. The average Bonchev–Trinajstić information content (AvgIpc) is 2.73. The Morgan fingerprint density at radius 1 is 1.13 bits per heavy atom. The van der Waals surface area contributed by atoms with Gasteiger partial charge in [0.1, 0.15) is 5.75 Å². The topological polar surface area (TPSA) is 128 Å².